The Hall–Kier alpha value is -0.860. The van der Waals surface area contributed by atoms with Crippen molar-refractivity contribution in [2.75, 3.05) is 0 Å². The van der Waals surface area contributed by atoms with E-state index in [4.69, 9.17) is 14.6 Å². The third-order valence-electron chi connectivity index (χ3n) is 1.51. The van der Waals surface area contributed by atoms with Crippen molar-refractivity contribution in [1.29, 1.82) is 0 Å². The number of ether oxygens (including phenoxy) is 2. The Bertz CT molecular complexity index is 174. The summed E-state index contributed by atoms with van der Waals surface area (Å²) in [4.78, 5) is 0. The van der Waals surface area contributed by atoms with Crippen molar-refractivity contribution in [3.63, 3.8) is 0 Å². The Balaban J connectivity index is 2.62. The first kappa shape index (κ1) is 8.24. The lowest BCUT2D eigenvalue weighted by molar-refractivity contribution is -0.125. The Morgan fingerprint density at radius 2 is 1.82 bits per heavy atom. The molecule has 1 unspecified atom stereocenters. The van der Waals surface area contributed by atoms with Gasteiger partial charge in [0.05, 0.1) is 0 Å². The molecule has 0 aromatic carbocycles. The highest BCUT2D eigenvalue weighted by atomic mass is 16.8. The van der Waals surface area contributed by atoms with Gasteiger partial charge in [0, 0.05) is 12.3 Å². The van der Waals surface area contributed by atoms with Crippen molar-refractivity contribution < 1.29 is 14.6 Å². The zero-order chi connectivity index (χ0) is 8.65. The van der Waals surface area contributed by atoms with Crippen molar-refractivity contribution in [2.45, 2.75) is 34.0 Å². The molecule has 11 heavy (non-hydrogen) atoms. The van der Waals surface area contributed by atoms with Crippen LogP contribution < -0.4 is 0 Å². The summed E-state index contributed by atoms with van der Waals surface area (Å²) in [6.45, 7) is 7.65. The van der Waals surface area contributed by atoms with Gasteiger partial charge in [0.2, 0.25) is 6.29 Å². The van der Waals surface area contributed by atoms with E-state index in [2.05, 4.69) is 0 Å². The fourth-order valence-corrected chi connectivity index (χ4v) is 0.773. The van der Waals surface area contributed by atoms with Gasteiger partial charge in [0.1, 0.15) is 0 Å². The van der Waals surface area contributed by atoms with Crippen molar-refractivity contribution in [1.82, 2.24) is 0 Å². The minimum absolute atomic E-state index is 0.0927. The number of aliphatic hydroxyl groups is 1. The van der Waals surface area contributed by atoms with E-state index in [1.165, 1.54) is 0 Å². The van der Waals surface area contributed by atoms with Crippen LogP contribution in [0.3, 0.4) is 0 Å². The Morgan fingerprint density at radius 3 is 2.00 bits per heavy atom. The van der Waals surface area contributed by atoms with E-state index in [0.29, 0.717) is 5.76 Å². The monoisotopic (exact) mass is 158 g/mol. The van der Waals surface area contributed by atoms with E-state index in [1.54, 1.807) is 6.92 Å². The third kappa shape index (κ3) is 1.59. The maximum absolute atomic E-state index is 9.06. The standard InChI is InChI=1S/C8H14O3/c1-5-6(9)11-7(10-5)8(2,3)4/h7,9H,1-4H3. The van der Waals surface area contributed by atoms with E-state index >= 15 is 0 Å². The molecule has 0 saturated heterocycles. The highest BCUT2D eigenvalue weighted by molar-refractivity contribution is 4.96. The molecule has 0 radical (unpaired) electrons. The molecule has 64 valence electrons. The first-order valence-corrected chi connectivity index (χ1v) is 3.64. The molecule has 1 rings (SSSR count). The molecule has 3 nitrogen and oxygen atoms in total. The minimum atomic E-state index is -0.359. The smallest absolute Gasteiger partial charge is 0.319 e. The summed E-state index contributed by atoms with van der Waals surface area (Å²) in [5.41, 5.74) is -0.105. The lowest BCUT2D eigenvalue weighted by Gasteiger charge is -2.24. The molecule has 0 aromatic heterocycles. The predicted octanol–water partition coefficient (Wildman–Crippen LogP) is 2.15. The van der Waals surface area contributed by atoms with Crippen LogP contribution in [0.5, 0.6) is 0 Å². The second kappa shape index (κ2) is 2.32. The summed E-state index contributed by atoms with van der Waals surface area (Å²) in [5, 5.41) is 9.06. The first-order chi connectivity index (χ1) is 4.91. The fraction of sp³-hybridized carbons (Fsp3) is 0.750. The maximum Gasteiger partial charge on any atom is 0.319 e. The van der Waals surface area contributed by atoms with E-state index in [1.807, 2.05) is 20.8 Å². The van der Waals surface area contributed by atoms with Gasteiger partial charge in [0.15, 0.2) is 5.76 Å². The molecule has 0 aliphatic carbocycles. The van der Waals surface area contributed by atoms with E-state index < -0.39 is 0 Å². The number of allylic oxidation sites excluding steroid dienone is 1. The topological polar surface area (TPSA) is 38.7 Å². The predicted molar refractivity (Wildman–Crippen MR) is 40.7 cm³/mol. The van der Waals surface area contributed by atoms with Crippen LogP contribution in [0.1, 0.15) is 27.7 Å². The Kier molecular flexibility index (Phi) is 1.74. The second-order valence-corrected chi connectivity index (χ2v) is 3.79. The molecule has 0 spiro atoms. The summed E-state index contributed by atoms with van der Waals surface area (Å²) in [5.74, 6) is 0.370. The van der Waals surface area contributed by atoms with E-state index in [9.17, 15) is 0 Å². The molecule has 1 atom stereocenters. The van der Waals surface area contributed by atoms with Crippen molar-refractivity contribution in [3.8, 4) is 0 Å². The molecule has 1 heterocycles. The van der Waals surface area contributed by atoms with Gasteiger partial charge >= 0.3 is 5.95 Å². The van der Waals surface area contributed by atoms with Crippen LogP contribution in [0.4, 0.5) is 0 Å². The molecule has 1 N–H and O–H groups in total. The molecular weight excluding hydrogens is 144 g/mol. The van der Waals surface area contributed by atoms with Crippen molar-refractivity contribution in [2.24, 2.45) is 5.41 Å². The van der Waals surface area contributed by atoms with E-state index in [-0.39, 0.29) is 17.7 Å². The normalized spacial score (nSPS) is 24.9. The number of aliphatic hydroxyl groups excluding tert-OH is 1. The first-order valence-electron chi connectivity index (χ1n) is 3.64. The van der Waals surface area contributed by atoms with Crippen LogP contribution in [0.2, 0.25) is 0 Å². The SMILES string of the molecule is CC1=C(O)OC(C(C)(C)C)O1. The van der Waals surface area contributed by atoms with Gasteiger partial charge in [-0.1, -0.05) is 20.8 Å². The fourth-order valence-electron chi connectivity index (χ4n) is 0.773. The second-order valence-electron chi connectivity index (χ2n) is 3.79. The number of hydrogen-bond acceptors (Lipinski definition) is 3. The molecule has 0 aromatic rings. The van der Waals surface area contributed by atoms with Crippen molar-refractivity contribution >= 4 is 0 Å². The van der Waals surface area contributed by atoms with Gasteiger partial charge < -0.3 is 14.6 Å². The molecule has 1 aliphatic heterocycles. The van der Waals surface area contributed by atoms with Crippen LogP contribution in [-0.4, -0.2) is 11.4 Å². The van der Waals surface area contributed by atoms with Gasteiger partial charge in [0.25, 0.3) is 0 Å². The molecule has 0 bridgehead atoms. The van der Waals surface area contributed by atoms with Crippen LogP contribution in [0.25, 0.3) is 0 Å². The van der Waals surface area contributed by atoms with Gasteiger partial charge in [-0.25, -0.2) is 0 Å². The summed E-state index contributed by atoms with van der Waals surface area (Å²) in [7, 11) is 0. The highest BCUT2D eigenvalue weighted by Gasteiger charge is 2.34. The summed E-state index contributed by atoms with van der Waals surface area (Å²) in [6.07, 6.45) is -0.359. The van der Waals surface area contributed by atoms with Crippen LogP contribution in [0.15, 0.2) is 11.7 Å². The molecule has 0 saturated carbocycles. The van der Waals surface area contributed by atoms with Crippen LogP contribution in [-0.2, 0) is 9.47 Å². The molecular formula is C8H14O3. The average molecular weight is 158 g/mol. The molecule has 0 fully saturated rings. The zero-order valence-corrected chi connectivity index (χ0v) is 7.34. The van der Waals surface area contributed by atoms with Crippen LogP contribution in [0, 0.1) is 5.41 Å². The molecule has 1 aliphatic rings. The highest BCUT2D eigenvalue weighted by Crippen LogP contribution is 2.31. The average Bonchev–Trinajstić information content (AvgIpc) is 2.11. The number of rotatable bonds is 0. The Labute approximate surface area is 66.6 Å². The Morgan fingerprint density at radius 1 is 1.27 bits per heavy atom. The van der Waals surface area contributed by atoms with Crippen molar-refractivity contribution in [3.05, 3.63) is 11.7 Å². The largest absolute Gasteiger partial charge is 0.478 e. The maximum atomic E-state index is 9.06. The third-order valence-corrected chi connectivity index (χ3v) is 1.51. The quantitative estimate of drug-likeness (QED) is 0.587. The van der Waals surface area contributed by atoms with Gasteiger partial charge in [-0.05, 0) is 0 Å². The van der Waals surface area contributed by atoms with Gasteiger partial charge in [-0.15, -0.1) is 0 Å². The number of hydrogen-bond donors (Lipinski definition) is 1. The summed E-state index contributed by atoms with van der Waals surface area (Å²) in [6, 6.07) is 0. The van der Waals surface area contributed by atoms with Gasteiger partial charge in [-0.3, -0.25) is 0 Å². The lowest BCUT2D eigenvalue weighted by Crippen LogP contribution is -2.27. The zero-order valence-electron chi connectivity index (χ0n) is 7.34. The molecule has 0 amide bonds. The lowest BCUT2D eigenvalue weighted by atomic mass is 9.96. The summed E-state index contributed by atoms with van der Waals surface area (Å²) < 4.78 is 10.3. The van der Waals surface area contributed by atoms with Crippen LogP contribution >= 0.6 is 0 Å². The van der Waals surface area contributed by atoms with Gasteiger partial charge in [-0.2, -0.15) is 0 Å². The summed E-state index contributed by atoms with van der Waals surface area (Å²) >= 11 is 0. The minimum Gasteiger partial charge on any atom is -0.478 e. The molecule has 3 heteroatoms. The van der Waals surface area contributed by atoms with E-state index in [0.717, 1.165) is 0 Å².